The molecule has 0 bridgehead atoms. The molecule has 1 aromatic carbocycles. The van der Waals surface area contributed by atoms with Gasteiger partial charge in [0.05, 0.1) is 18.1 Å². The SMILES string of the molecule is FNc1ccc(N2CCN(c3ncc(F)cn3)CC2)cc1. The summed E-state index contributed by atoms with van der Waals surface area (Å²) in [6, 6.07) is 7.16. The third-order valence-corrected chi connectivity index (χ3v) is 3.51. The van der Waals surface area contributed by atoms with Crippen molar-refractivity contribution in [1.82, 2.24) is 9.97 Å². The number of piperazine rings is 1. The predicted molar refractivity (Wildman–Crippen MR) is 77.6 cm³/mol. The van der Waals surface area contributed by atoms with E-state index in [4.69, 9.17) is 0 Å². The normalized spacial score (nSPS) is 15.1. The van der Waals surface area contributed by atoms with E-state index in [1.54, 1.807) is 17.7 Å². The monoisotopic (exact) mass is 291 g/mol. The molecule has 1 N–H and O–H groups in total. The number of hydrogen-bond donors (Lipinski definition) is 1. The molecule has 7 heteroatoms. The van der Waals surface area contributed by atoms with Crippen molar-refractivity contribution in [2.45, 2.75) is 0 Å². The number of hydrogen-bond acceptors (Lipinski definition) is 5. The first-order chi connectivity index (χ1) is 10.3. The van der Waals surface area contributed by atoms with Crippen LogP contribution in [0.5, 0.6) is 0 Å². The molecule has 0 saturated carbocycles. The minimum atomic E-state index is -0.432. The maximum atomic E-state index is 12.8. The van der Waals surface area contributed by atoms with E-state index in [-0.39, 0.29) is 0 Å². The summed E-state index contributed by atoms with van der Waals surface area (Å²) in [4.78, 5) is 12.2. The van der Waals surface area contributed by atoms with E-state index in [2.05, 4.69) is 14.9 Å². The van der Waals surface area contributed by atoms with Crippen LogP contribution in [-0.2, 0) is 0 Å². The Hall–Kier alpha value is -2.44. The second kappa shape index (κ2) is 5.90. The summed E-state index contributed by atoms with van der Waals surface area (Å²) in [7, 11) is 0. The first-order valence-corrected chi connectivity index (χ1v) is 6.70. The van der Waals surface area contributed by atoms with Gasteiger partial charge in [-0.2, -0.15) is 0 Å². The average Bonchev–Trinajstić information content (AvgIpc) is 2.56. The first kappa shape index (κ1) is 13.5. The fourth-order valence-corrected chi connectivity index (χ4v) is 2.37. The molecule has 21 heavy (non-hydrogen) atoms. The second-order valence-corrected chi connectivity index (χ2v) is 4.82. The number of rotatable bonds is 3. The van der Waals surface area contributed by atoms with Crippen molar-refractivity contribution in [3.63, 3.8) is 0 Å². The minimum Gasteiger partial charge on any atom is -0.368 e. The summed E-state index contributed by atoms with van der Waals surface area (Å²) < 4.78 is 25.1. The predicted octanol–water partition coefficient (Wildman–Crippen LogP) is 2.24. The van der Waals surface area contributed by atoms with Crippen molar-refractivity contribution in [2.75, 3.05) is 41.5 Å². The fourth-order valence-electron chi connectivity index (χ4n) is 2.37. The van der Waals surface area contributed by atoms with Gasteiger partial charge in [0.15, 0.2) is 5.82 Å². The van der Waals surface area contributed by atoms with Gasteiger partial charge in [0.2, 0.25) is 5.95 Å². The van der Waals surface area contributed by atoms with Gasteiger partial charge in [0.1, 0.15) is 0 Å². The lowest BCUT2D eigenvalue weighted by Gasteiger charge is -2.36. The van der Waals surface area contributed by atoms with Crippen LogP contribution < -0.4 is 15.3 Å². The van der Waals surface area contributed by atoms with Crippen molar-refractivity contribution in [3.8, 4) is 0 Å². The number of aromatic nitrogens is 2. The Balaban J connectivity index is 1.62. The van der Waals surface area contributed by atoms with E-state index in [1.165, 1.54) is 12.4 Å². The summed E-state index contributed by atoms with van der Waals surface area (Å²) in [6.07, 6.45) is 2.36. The van der Waals surface area contributed by atoms with Crippen LogP contribution in [0.4, 0.5) is 26.2 Å². The highest BCUT2D eigenvalue weighted by atomic mass is 19.2. The number of nitrogens with one attached hydrogen (secondary N) is 1. The van der Waals surface area contributed by atoms with Gasteiger partial charge in [-0.1, -0.05) is 0 Å². The van der Waals surface area contributed by atoms with E-state index in [0.29, 0.717) is 11.6 Å². The molecule has 2 heterocycles. The second-order valence-electron chi connectivity index (χ2n) is 4.82. The summed E-state index contributed by atoms with van der Waals surface area (Å²) in [5.74, 6) is 0.118. The quantitative estimate of drug-likeness (QED) is 0.879. The zero-order valence-corrected chi connectivity index (χ0v) is 11.3. The van der Waals surface area contributed by atoms with Crippen LogP contribution in [-0.4, -0.2) is 36.1 Å². The molecule has 110 valence electrons. The molecule has 1 saturated heterocycles. The molecular formula is C14H15F2N5. The van der Waals surface area contributed by atoms with Gasteiger partial charge in [0.25, 0.3) is 0 Å². The Kier molecular flexibility index (Phi) is 3.81. The number of nitrogens with zero attached hydrogens (tertiary/aromatic N) is 4. The molecule has 0 radical (unpaired) electrons. The van der Waals surface area contributed by atoms with Gasteiger partial charge in [-0.3, -0.25) is 0 Å². The third-order valence-electron chi connectivity index (χ3n) is 3.51. The number of halogens is 2. The first-order valence-electron chi connectivity index (χ1n) is 6.70. The van der Waals surface area contributed by atoms with Gasteiger partial charge >= 0.3 is 0 Å². The summed E-state index contributed by atoms with van der Waals surface area (Å²) in [6.45, 7) is 3.13. The van der Waals surface area contributed by atoms with Crippen LogP contribution in [0.3, 0.4) is 0 Å². The molecule has 5 nitrogen and oxygen atoms in total. The molecule has 0 unspecified atom stereocenters. The van der Waals surface area contributed by atoms with Crippen LogP contribution in [0.15, 0.2) is 36.7 Å². The molecule has 3 rings (SSSR count). The molecule has 1 aliphatic rings. The van der Waals surface area contributed by atoms with Gasteiger partial charge in [-0.25, -0.2) is 19.9 Å². The lowest BCUT2D eigenvalue weighted by Crippen LogP contribution is -2.47. The van der Waals surface area contributed by atoms with E-state index in [0.717, 1.165) is 31.9 Å². The van der Waals surface area contributed by atoms with Crippen molar-refractivity contribution >= 4 is 17.3 Å². The molecule has 0 aliphatic carbocycles. The molecular weight excluding hydrogens is 276 g/mol. The maximum Gasteiger partial charge on any atom is 0.225 e. The zero-order valence-electron chi connectivity index (χ0n) is 11.3. The lowest BCUT2D eigenvalue weighted by molar-refractivity contribution is 0.602. The highest BCUT2D eigenvalue weighted by Crippen LogP contribution is 2.20. The fraction of sp³-hybridized carbons (Fsp3) is 0.286. The van der Waals surface area contributed by atoms with Crippen molar-refractivity contribution in [2.24, 2.45) is 0 Å². The summed E-state index contributed by atoms with van der Waals surface area (Å²) in [5, 5.41) is 0. The van der Waals surface area contributed by atoms with Crippen LogP contribution in [0.1, 0.15) is 0 Å². The molecule has 1 aliphatic heterocycles. The van der Waals surface area contributed by atoms with Gasteiger partial charge in [0, 0.05) is 31.9 Å². The third kappa shape index (κ3) is 3.01. The minimum absolute atomic E-state index is 0.432. The number of anilines is 3. The largest absolute Gasteiger partial charge is 0.368 e. The Bertz CT molecular complexity index is 579. The molecule has 0 spiro atoms. The van der Waals surface area contributed by atoms with Crippen LogP contribution in [0.25, 0.3) is 0 Å². The Morgan fingerprint density at radius 2 is 1.48 bits per heavy atom. The van der Waals surface area contributed by atoms with E-state index in [9.17, 15) is 8.87 Å². The van der Waals surface area contributed by atoms with Gasteiger partial charge in [-0.05, 0) is 24.3 Å². The summed E-state index contributed by atoms with van der Waals surface area (Å²) >= 11 is 0. The highest BCUT2D eigenvalue weighted by molar-refractivity contribution is 5.55. The van der Waals surface area contributed by atoms with Crippen molar-refractivity contribution in [1.29, 1.82) is 0 Å². The van der Waals surface area contributed by atoms with Crippen molar-refractivity contribution < 1.29 is 8.87 Å². The standard InChI is InChI=1S/C14H15F2N5/c15-11-9-17-14(18-10-11)21-7-5-20(6-8-21)13-3-1-12(19-16)2-4-13/h1-4,9-10,19H,5-8H2. The lowest BCUT2D eigenvalue weighted by atomic mass is 10.2. The van der Waals surface area contributed by atoms with Crippen LogP contribution in [0, 0.1) is 5.82 Å². The van der Waals surface area contributed by atoms with Crippen molar-refractivity contribution in [3.05, 3.63) is 42.5 Å². The van der Waals surface area contributed by atoms with E-state index < -0.39 is 5.82 Å². The molecule has 2 aromatic rings. The molecule has 1 aromatic heterocycles. The topological polar surface area (TPSA) is 44.3 Å². The average molecular weight is 291 g/mol. The zero-order chi connectivity index (χ0) is 14.7. The molecule has 0 atom stereocenters. The van der Waals surface area contributed by atoms with E-state index in [1.807, 2.05) is 17.0 Å². The number of benzene rings is 1. The van der Waals surface area contributed by atoms with Crippen LogP contribution >= 0.6 is 0 Å². The Morgan fingerprint density at radius 3 is 2.05 bits per heavy atom. The Morgan fingerprint density at radius 1 is 0.905 bits per heavy atom. The van der Waals surface area contributed by atoms with Gasteiger partial charge < -0.3 is 9.80 Å². The molecule has 1 fully saturated rings. The maximum absolute atomic E-state index is 12.8. The van der Waals surface area contributed by atoms with Gasteiger partial charge in [-0.15, -0.1) is 4.48 Å². The molecule has 0 amide bonds. The highest BCUT2D eigenvalue weighted by Gasteiger charge is 2.19. The smallest absolute Gasteiger partial charge is 0.225 e. The Labute approximate surface area is 121 Å². The van der Waals surface area contributed by atoms with E-state index >= 15 is 0 Å². The summed E-state index contributed by atoms with van der Waals surface area (Å²) in [5.41, 5.74) is 3.11. The van der Waals surface area contributed by atoms with Crippen LogP contribution in [0.2, 0.25) is 0 Å².